The highest BCUT2D eigenvalue weighted by Gasteiger charge is 2.95. The Morgan fingerprint density at radius 3 is 2.50 bits per heavy atom. The van der Waals surface area contributed by atoms with Crippen LogP contribution in [-0.4, -0.2) is 67.7 Å². The molecule has 1 aromatic heterocycles. The maximum atomic E-state index is 13.0. The summed E-state index contributed by atoms with van der Waals surface area (Å²) < 4.78 is 23.1. The summed E-state index contributed by atoms with van der Waals surface area (Å²) in [6, 6.07) is 1.68. The van der Waals surface area contributed by atoms with E-state index < -0.39 is 81.2 Å². The van der Waals surface area contributed by atoms with Gasteiger partial charge in [0.05, 0.1) is 30.5 Å². The van der Waals surface area contributed by atoms with Gasteiger partial charge in [-0.2, -0.15) is 0 Å². The molecule has 4 saturated heterocycles. The van der Waals surface area contributed by atoms with Gasteiger partial charge in [-0.05, 0) is 30.2 Å². The van der Waals surface area contributed by atoms with Crippen LogP contribution in [0, 0.1) is 28.1 Å². The SMILES string of the molecule is CC1(C)[C@@H](O)[C@]2(O)C[C@@]34O[C@]2(O)[C@]2(COC(=O)C[C@@H]12)[C@H]3CC[C@@]1(C)[C@H](c2ccoc2)OC(=O)C[C@]14O. The molecule has 0 radical (unpaired) electrons. The molecule has 5 heterocycles. The molecule has 6 aliphatic rings. The van der Waals surface area contributed by atoms with Crippen LogP contribution in [0.4, 0.5) is 0 Å². The van der Waals surface area contributed by atoms with Crippen LogP contribution < -0.4 is 0 Å². The van der Waals surface area contributed by atoms with Crippen molar-refractivity contribution in [3.63, 3.8) is 0 Å². The lowest BCUT2D eigenvalue weighted by Gasteiger charge is -2.71. The molecule has 10 heteroatoms. The zero-order valence-corrected chi connectivity index (χ0v) is 20.5. The monoisotopic (exact) mass is 504 g/mol. The summed E-state index contributed by atoms with van der Waals surface area (Å²) in [5.41, 5.74) is -8.32. The summed E-state index contributed by atoms with van der Waals surface area (Å²) in [5, 5.41) is 48.7. The molecule has 36 heavy (non-hydrogen) atoms. The molecule has 4 N–H and O–H groups in total. The van der Waals surface area contributed by atoms with Crippen molar-refractivity contribution >= 4 is 11.9 Å². The van der Waals surface area contributed by atoms with Gasteiger partial charge in [0.25, 0.3) is 0 Å². The summed E-state index contributed by atoms with van der Waals surface area (Å²) in [6.45, 7) is 5.19. The Morgan fingerprint density at radius 2 is 1.81 bits per heavy atom. The maximum Gasteiger partial charge on any atom is 0.309 e. The molecule has 2 bridgehead atoms. The van der Waals surface area contributed by atoms with Gasteiger partial charge < -0.3 is 39.1 Å². The summed E-state index contributed by atoms with van der Waals surface area (Å²) in [5.74, 6) is -4.51. The summed E-state index contributed by atoms with van der Waals surface area (Å²) in [6.07, 6.45) is 0.783. The molecule has 1 aromatic rings. The molecule has 0 unspecified atom stereocenters. The van der Waals surface area contributed by atoms with E-state index in [-0.39, 0.29) is 19.4 Å². The average Bonchev–Trinajstić information content (AvgIpc) is 3.47. The predicted molar refractivity (Wildman–Crippen MR) is 118 cm³/mol. The molecule has 4 aliphatic heterocycles. The smallest absolute Gasteiger partial charge is 0.309 e. The van der Waals surface area contributed by atoms with Crippen molar-refractivity contribution in [2.45, 2.75) is 87.7 Å². The van der Waals surface area contributed by atoms with Gasteiger partial charge in [-0.25, -0.2) is 0 Å². The van der Waals surface area contributed by atoms with Crippen molar-refractivity contribution in [3.05, 3.63) is 24.2 Å². The van der Waals surface area contributed by atoms with Gasteiger partial charge in [0.1, 0.15) is 29.5 Å². The zero-order chi connectivity index (χ0) is 25.7. The highest BCUT2D eigenvalue weighted by atomic mass is 16.7. The minimum atomic E-state index is -2.29. The Morgan fingerprint density at radius 1 is 1.06 bits per heavy atom. The van der Waals surface area contributed by atoms with Crippen molar-refractivity contribution in [1.82, 2.24) is 0 Å². The number of furan rings is 1. The minimum Gasteiger partial charge on any atom is -0.472 e. The van der Waals surface area contributed by atoms with Crippen molar-refractivity contribution in [1.29, 1.82) is 0 Å². The maximum absolute atomic E-state index is 13.0. The van der Waals surface area contributed by atoms with Crippen LogP contribution in [0.3, 0.4) is 0 Å². The largest absolute Gasteiger partial charge is 0.472 e. The van der Waals surface area contributed by atoms with Gasteiger partial charge in [0.15, 0.2) is 0 Å². The van der Waals surface area contributed by atoms with E-state index in [4.69, 9.17) is 18.6 Å². The molecule has 0 amide bonds. The third kappa shape index (κ3) is 2.00. The third-order valence-electron chi connectivity index (χ3n) is 11.5. The number of hydrogen-bond donors (Lipinski definition) is 4. The highest BCUT2D eigenvalue weighted by molar-refractivity contribution is 5.74. The zero-order valence-electron chi connectivity index (χ0n) is 20.5. The molecule has 196 valence electrons. The van der Waals surface area contributed by atoms with E-state index >= 15 is 0 Å². The molecule has 2 aliphatic carbocycles. The number of fused-ring (bicyclic) bond motifs is 1. The lowest BCUT2D eigenvalue weighted by molar-refractivity contribution is -0.388. The van der Waals surface area contributed by atoms with Crippen molar-refractivity contribution in [3.8, 4) is 0 Å². The fraction of sp³-hybridized carbons (Fsp3) is 0.769. The first kappa shape index (κ1) is 23.2. The van der Waals surface area contributed by atoms with E-state index in [2.05, 4.69) is 0 Å². The number of esters is 2. The Labute approximate surface area is 207 Å². The van der Waals surface area contributed by atoms with E-state index in [0.29, 0.717) is 18.4 Å². The van der Waals surface area contributed by atoms with Crippen molar-refractivity contribution in [2.24, 2.45) is 28.1 Å². The van der Waals surface area contributed by atoms with Crippen LogP contribution in [0.25, 0.3) is 0 Å². The fourth-order valence-electron chi connectivity index (χ4n) is 9.87. The number of cyclic esters (lactones) is 2. The van der Waals surface area contributed by atoms with Crippen LogP contribution in [0.15, 0.2) is 23.0 Å². The molecule has 6 fully saturated rings. The van der Waals surface area contributed by atoms with E-state index in [9.17, 15) is 30.0 Å². The first-order valence-electron chi connectivity index (χ1n) is 12.7. The summed E-state index contributed by atoms with van der Waals surface area (Å²) in [4.78, 5) is 25.5. The Balaban J connectivity index is 1.47. The van der Waals surface area contributed by atoms with Gasteiger partial charge in [0.2, 0.25) is 5.79 Å². The van der Waals surface area contributed by atoms with Crippen LogP contribution in [0.5, 0.6) is 0 Å². The first-order chi connectivity index (χ1) is 16.7. The fourth-order valence-corrected chi connectivity index (χ4v) is 9.87. The van der Waals surface area contributed by atoms with Crippen LogP contribution in [-0.2, 0) is 23.8 Å². The number of carbonyl (C=O) groups excluding carboxylic acids is 2. The van der Waals surface area contributed by atoms with E-state index in [1.807, 2.05) is 6.92 Å². The van der Waals surface area contributed by atoms with Gasteiger partial charge in [0, 0.05) is 29.7 Å². The van der Waals surface area contributed by atoms with Crippen molar-refractivity contribution < 1.29 is 48.6 Å². The van der Waals surface area contributed by atoms with Crippen LogP contribution in [0.2, 0.25) is 0 Å². The molecule has 7 rings (SSSR count). The lowest BCUT2D eigenvalue weighted by atomic mass is 9.34. The Hall–Kier alpha value is -1.98. The number of hydrogen-bond acceptors (Lipinski definition) is 10. The quantitative estimate of drug-likeness (QED) is 0.406. The molecule has 10 atom stereocenters. The number of aliphatic hydroxyl groups excluding tert-OH is 1. The van der Waals surface area contributed by atoms with Gasteiger partial charge in [-0.3, -0.25) is 9.59 Å². The minimum absolute atomic E-state index is 0.0617. The van der Waals surface area contributed by atoms with E-state index in [1.165, 1.54) is 12.5 Å². The molecular formula is C26H32O10. The number of ether oxygens (including phenoxy) is 3. The van der Waals surface area contributed by atoms with Crippen LogP contribution >= 0.6 is 0 Å². The Kier molecular flexibility index (Phi) is 3.98. The average molecular weight is 505 g/mol. The first-order valence-corrected chi connectivity index (χ1v) is 12.7. The van der Waals surface area contributed by atoms with E-state index in [0.717, 1.165) is 0 Å². The third-order valence-corrected chi connectivity index (χ3v) is 11.5. The second-order valence-electron chi connectivity index (χ2n) is 12.9. The van der Waals surface area contributed by atoms with Gasteiger partial charge in [-0.1, -0.05) is 20.8 Å². The number of rotatable bonds is 1. The summed E-state index contributed by atoms with van der Waals surface area (Å²) >= 11 is 0. The predicted octanol–water partition coefficient (Wildman–Crippen LogP) is 0.958. The van der Waals surface area contributed by atoms with Gasteiger partial charge >= 0.3 is 11.9 Å². The molecule has 10 nitrogen and oxygen atoms in total. The second kappa shape index (κ2) is 6.18. The van der Waals surface area contributed by atoms with Crippen LogP contribution in [0.1, 0.15) is 64.5 Å². The van der Waals surface area contributed by atoms with Gasteiger partial charge in [-0.15, -0.1) is 0 Å². The summed E-state index contributed by atoms with van der Waals surface area (Å²) in [7, 11) is 0. The Bertz CT molecular complexity index is 1180. The van der Waals surface area contributed by atoms with Crippen molar-refractivity contribution in [2.75, 3.05) is 6.61 Å². The lowest BCUT2D eigenvalue weighted by Crippen LogP contribution is -2.83. The molecule has 2 spiro atoms. The second-order valence-corrected chi connectivity index (χ2v) is 12.9. The molecule has 0 aromatic carbocycles. The topological polar surface area (TPSA) is 156 Å². The number of aliphatic hydroxyl groups is 4. The highest BCUT2D eigenvalue weighted by Crippen LogP contribution is 2.83. The number of carbonyl (C=O) groups is 2. The molecule has 2 saturated carbocycles. The molecular weight excluding hydrogens is 472 g/mol. The normalized spacial score (nSPS) is 56.3. The van der Waals surface area contributed by atoms with E-state index in [1.54, 1.807) is 19.9 Å². The standard InChI is InChI=1S/C26H32O10/c1-20(2)15-8-16(27)34-12-22(15)14-4-6-21(3)18(13-5-7-33-10-13)35-17(28)9-25(21,31)24(14)11-23(30,19(20)29)26(22,32)36-24/h5,7,10,14-15,18-19,29-32H,4,6,8-9,11-12H2,1-3H3/t14-,15+,18+,19-,21+,22-,23-,24-,25+,26-/m1/s1.